The number of hydrogen-bond acceptors (Lipinski definition) is 7. The second kappa shape index (κ2) is 12.5. The summed E-state index contributed by atoms with van der Waals surface area (Å²) < 4.78 is 60.7. The molecule has 0 atom stereocenters. The number of H-pyrrole nitrogens is 1. The number of aliphatic carboxylic acids is 1. The number of aliphatic hydroxyl groups is 1. The molecule has 0 unspecified atom stereocenters. The average Bonchev–Trinajstić information content (AvgIpc) is 3.44. The summed E-state index contributed by atoms with van der Waals surface area (Å²) in [5.41, 5.74) is 0.802. The van der Waals surface area contributed by atoms with E-state index in [4.69, 9.17) is 14.8 Å². The highest BCUT2D eigenvalue weighted by molar-refractivity contribution is 5.91. The van der Waals surface area contributed by atoms with Gasteiger partial charge in [0.15, 0.2) is 5.65 Å². The number of imidazole rings is 1. The molecule has 13 heteroatoms. The lowest BCUT2D eigenvalue weighted by atomic mass is 9.69. The number of nitrogens with one attached hydrogen (secondary N) is 1. The van der Waals surface area contributed by atoms with E-state index in [1.165, 1.54) is 0 Å². The summed E-state index contributed by atoms with van der Waals surface area (Å²) in [5.74, 6) is -1.45. The van der Waals surface area contributed by atoms with Crippen LogP contribution in [0.1, 0.15) is 43.2 Å². The lowest BCUT2D eigenvalue weighted by molar-refractivity contribution is -0.140. The Morgan fingerprint density at radius 2 is 1.74 bits per heavy atom. The average molecular weight is 656 g/mol. The third-order valence-corrected chi connectivity index (χ3v) is 9.55. The second-order valence-electron chi connectivity index (χ2n) is 13.0. The highest BCUT2D eigenvalue weighted by atomic mass is 19.4. The minimum absolute atomic E-state index is 0.0133. The van der Waals surface area contributed by atoms with Crippen LogP contribution in [0.5, 0.6) is 0 Å². The molecule has 0 bridgehead atoms. The normalized spacial score (nSPS) is 17.9. The molecule has 2 fully saturated rings. The van der Waals surface area contributed by atoms with Gasteiger partial charge in [0.2, 0.25) is 0 Å². The number of carboxylic acid groups (broad SMARTS) is 1. The molecule has 1 saturated heterocycles. The van der Waals surface area contributed by atoms with Crippen LogP contribution in [0.3, 0.4) is 0 Å². The predicted molar refractivity (Wildman–Crippen MR) is 168 cm³/mol. The van der Waals surface area contributed by atoms with Gasteiger partial charge in [-0.15, -0.1) is 0 Å². The predicted octanol–water partition coefficient (Wildman–Crippen LogP) is 6.07. The third kappa shape index (κ3) is 6.83. The fourth-order valence-corrected chi connectivity index (χ4v) is 6.88. The van der Waals surface area contributed by atoms with Gasteiger partial charge < -0.3 is 24.8 Å². The molecule has 6 rings (SSSR count). The molecule has 4 aromatic rings. The number of carboxylic acids is 1. The first-order chi connectivity index (χ1) is 22.3. The molecule has 3 heterocycles. The number of pyridine rings is 1. The SMILES string of the molecule is COCC1(CN(C)c2cc(-c3cc(F)cc(C(F)(F)F)c3)nc3nc(-c4ccc(C5(O)CCN(CC(=O)O)CC5)cc4)[nH]c23)CCC1. The zero-order valence-electron chi connectivity index (χ0n) is 26.2. The number of likely N-dealkylation sites (tertiary alicyclic amines) is 1. The van der Waals surface area contributed by atoms with Crippen molar-refractivity contribution in [3.05, 3.63) is 65.5 Å². The quantitative estimate of drug-likeness (QED) is 0.177. The molecule has 3 N–H and O–H groups in total. The molecule has 2 aliphatic rings. The Morgan fingerprint density at radius 3 is 2.34 bits per heavy atom. The number of hydrogen-bond donors (Lipinski definition) is 3. The standard InChI is InChI=1S/C34H37F4N5O4/c1-42(19-32(20-47-2)8-3-9-32)27-17-26(22-14-24(34(36,37)38)16-25(35)15-22)39-31-29(27)40-30(41-31)21-4-6-23(7-5-21)33(46)10-12-43(13-11-33)18-28(44)45/h4-7,14-17,46H,3,8-13,18-20H2,1-2H3,(H,44,45)(H,39,40,41). The first-order valence-electron chi connectivity index (χ1n) is 15.5. The fraction of sp³-hybridized carbons (Fsp3) is 0.441. The number of anilines is 1. The molecule has 1 saturated carbocycles. The molecule has 0 amide bonds. The highest BCUT2D eigenvalue weighted by Crippen LogP contribution is 2.43. The molecule has 0 radical (unpaired) electrons. The van der Waals surface area contributed by atoms with Crippen LogP contribution < -0.4 is 4.90 Å². The molecule has 250 valence electrons. The zero-order valence-corrected chi connectivity index (χ0v) is 26.2. The summed E-state index contributed by atoms with van der Waals surface area (Å²) in [7, 11) is 3.57. The Kier molecular flexibility index (Phi) is 8.75. The van der Waals surface area contributed by atoms with Crippen molar-refractivity contribution in [3.8, 4) is 22.6 Å². The van der Waals surface area contributed by atoms with Crippen LogP contribution >= 0.6 is 0 Å². The largest absolute Gasteiger partial charge is 0.480 e. The number of nitrogens with zero attached hydrogens (tertiary/aromatic N) is 4. The molecule has 2 aromatic carbocycles. The maximum Gasteiger partial charge on any atom is 0.416 e. The summed E-state index contributed by atoms with van der Waals surface area (Å²) in [6.45, 7) is 2.05. The van der Waals surface area contributed by atoms with Crippen molar-refractivity contribution in [1.82, 2.24) is 19.9 Å². The number of benzene rings is 2. The van der Waals surface area contributed by atoms with E-state index in [0.29, 0.717) is 73.3 Å². The number of alkyl halides is 3. The van der Waals surface area contributed by atoms with E-state index in [2.05, 4.69) is 9.97 Å². The molecule has 0 spiro atoms. The van der Waals surface area contributed by atoms with Gasteiger partial charge in [-0.3, -0.25) is 9.69 Å². The molecular formula is C34H37F4N5O4. The molecule has 1 aliphatic heterocycles. The van der Waals surface area contributed by atoms with Gasteiger partial charge >= 0.3 is 12.1 Å². The number of piperidine rings is 1. The van der Waals surface area contributed by atoms with Crippen LogP contribution in [0.25, 0.3) is 33.8 Å². The van der Waals surface area contributed by atoms with Gasteiger partial charge in [0.05, 0.1) is 35.7 Å². The van der Waals surface area contributed by atoms with Crippen molar-refractivity contribution in [2.24, 2.45) is 5.41 Å². The van der Waals surface area contributed by atoms with Crippen molar-refractivity contribution < 1.29 is 37.3 Å². The summed E-state index contributed by atoms with van der Waals surface area (Å²) >= 11 is 0. The van der Waals surface area contributed by atoms with Crippen LogP contribution in [0.4, 0.5) is 23.2 Å². The number of ether oxygens (including phenoxy) is 1. The van der Waals surface area contributed by atoms with Gasteiger partial charge in [-0.2, -0.15) is 13.2 Å². The smallest absolute Gasteiger partial charge is 0.416 e. The Labute approximate surface area is 269 Å². The van der Waals surface area contributed by atoms with Crippen molar-refractivity contribution in [2.45, 2.75) is 43.9 Å². The van der Waals surface area contributed by atoms with Gasteiger partial charge in [0.1, 0.15) is 17.2 Å². The Hall–Kier alpha value is -4.07. The van der Waals surface area contributed by atoms with Gasteiger partial charge in [-0.1, -0.05) is 30.7 Å². The second-order valence-corrected chi connectivity index (χ2v) is 13.0. The van der Waals surface area contributed by atoms with Gasteiger partial charge in [0.25, 0.3) is 0 Å². The van der Waals surface area contributed by atoms with E-state index in [1.807, 2.05) is 36.2 Å². The first kappa shape index (κ1) is 32.9. The number of aromatic amines is 1. The van der Waals surface area contributed by atoms with Gasteiger partial charge in [-0.05, 0) is 55.5 Å². The lowest BCUT2D eigenvalue weighted by Crippen LogP contribution is -2.44. The van der Waals surface area contributed by atoms with E-state index in [0.717, 1.165) is 31.4 Å². The minimum Gasteiger partial charge on any atom is -0.480 e. The monoisotopic (exact) mass is 655 g/mol. The van der Waals surface area contributed by atoms with E-state index in [-0.39, 0.29) is 28.9 Å². The van der Waals surface area contributed by atoms with E-state index in [1.54, 1.807) is 18.1 Å². The molecule has 47 heavy (non-hydrogen) atoms. The maximum atomic E-state index is 14.4. The van der Waals surface area contributed by atoms with Crippen molar-refractivity contribution in [2.75, 3.05) is 51.8 Å². The molecule has 9 nitrogen and oxygen atoms in total. The van der Waals surface area contributed by atoms with Crippen LogP contribution in [0.15, 0.2) is 48.5 Å². The Bertz CT molecular complexity index is 1760. The van der Waals surface area contributed by atoms with Gasteiger partial charge in [-0.25, -0.2) is 14.4 Å². The highest BCUT2D eigenvalue weighted by Gasteiger charge is 2.39. The number of methoxy groups -OCH3 is 1. The van der Waals surface area contributed by atoms with Crippen molar-refractivity contribution >= 4 is 22.8 Å². The summed E-state index contributed by atoms with van der Waals surface area (Å²) in [6.07, 6.45) is -0.894. The van der Waals surface area contributed by atoms with Crippen LogP contribution in [-0.4, -0.2) is 83.0 Å². The maximum absolute atomic E-state index is 14.4. The van der Waals surface area contributed by atoms with E-state index in [9.17, 15) is 27.5 Å². The molecule has 1 aliphatic carbocycles. The molecule has 2 aromatic heterocycles. The van der Waals surface area contributed by atoms with E-state index < -0.39 is 29.1 Å². The topological polar surface area (TPSA) is 115 Å². The lowest BCUT2D eigenvalue weighted by Gasteiger charge is -2.44. The molecular weight excluding hydrogens is 618 g/mol. The summed E-state index contributed by atoms with van der Waals surface area (Å²) in [4.78, 5) is 27.5. The number of halogens is 4. The number of carbonyl (C=O) groups is 1. The first-order valence-corrected chi connectivity index (χ1v) is 15.5. The van der Waals surface area contributed by atoms with Crippen LogP contribution in [0.2, 0.25) is 0 Å². The summed E-state index contributed by atoms with van der Waals surface area (Å²) in [5, 5.41) is 20.4. The number of aromatic nitrogens is 3. The fourth-order valence-electron chi connectivity index (χ4n) is 6.88. The number of rotatable bonds is 10. The van der Waals surface area contributed by atoms with Crippen molar-refractivity contribution in [3.63, 3.8) is 0 Å². The minimum atomic E-state index is -4.73. The van der Waals surface area contributed by atoms with Gasteiger partial charge in [0, 0.05) is 50.3 Å². The Morgan fingerprint density at radius 1 is 1.04 bits per heavy atom. The summed E-state index contributed by atoms with van der Waals surface area (Å²) in [6, 6.07) is 11.3. The van der Waals surface area contributed by atoms with Crippen LogP contribution in [-0.2, 0) is 21.3 Å². The Balaban J connectivity index is 1.36. The van der Waals surface area contributed by atoms with Crippen LogP contribution in [0, 0.1) is 11.2 Å². The van der Waals surface area contributed by atoms with Crippen molar-refractivity contribution in [1.29, 1.82) is 0 Å². The number of fused-ring (bicyclic) bond motifs is 1. The third-order valence-electron chi connectivity index (χ3n) is 9.55. The zero-order chi connectivity index (χ0) is 33.6. The van der Waals surface area contributed by atoms with E-state index >= 15 is 0 Å².